The van der Waals surface area contributed by atoms with Gasteiger partial charge in [-0.3, -0.25) is 4.90 Å². The summed E-state index contributed by atoms with van der Waals surface area (Å²) in [7, 11) is 0. The van der Waals surface area contributed by atoms with Crippen LogP contribution in [0.3, 0.4) is 0 Å². The Hall–Kier alpha value is -0.660. The Morgan fingerprint density at radius 1 is 1.75 bits per heavy atom. The SMILES string of the molecule is N#CC1CCCN1CC(O)CF. The zero-order valence-electron chi connectivity index (χ0n) is 6.91. The molecule has 0 saturated carbocycles. The molecule has 0 aliphatic carbocycles. The predicted molar refractivity (Wildman–Crippen MR) is 42.2 cm³/mol. The van der Waals surface area contributed by atoms with Gasteiger partial charge in [0.2, 0.25) is 0 Å². The molecule has 1 saturated heterocycles. The summed E-state index contributed by atoms with van der Waals surface area (Å²) in [4.78, 5) is 1.84. The van der Waals surface area contributed by atoms with Crippen molar-refractivity contribution in [3.8, 4) is 6.07 Å². The minimum Gasteiger partial charge on any atom is -0.389 e. The number of hydrogen-bond donors (Lipinski definition) is 1. The highest BCUT2D eigenvalue weighted by atomic mass is 19.1. The standard InChI is InChI=1S/C8H13FN2O/c9-4-8(12)6-11-3-1-2-7(11)5-10/h7-8,12H,1-4,6H2. The second-order valence-corrected chi connectivity index (χ2v) is 3.09. The van der Waals surface area contributed by atoms with Crippen LogP contribution in [-0.4, -0.2) is 41.9 Å². The highest BCUT2D eigenvalue weighted by molar-refractivity contribution is 4.96. The van der Waals surface area contributed by atoms with Crippen molar-refractivity contribution >= 4 is 0 Å². The van der Waals surface area contributed by atoms with E-state index in [4.69, 9.17) is 10.4 Å². The molecule has 0 bridgehead atoms. The van der Waals surface area contributed by atoms with Crippen molar-refractivity contribution in [1.29, 1.82) is 5.26 Å². The summed E-state index contributed by atoms with van der Waals surface area (Å²) in [5.74, 6) is 0. The molecular weight excluding hydrogens is 159 g/mol. The van der Waals surface area contributed by atoms with E-state index in [0.717, 1.165) is 19.4 Å². The third-order valence-corrected chi connectivity index (χ3v) is 2.14. The van der Waals surface area contributed by atoms with Crippen LogP contribution < -0.4 is 0 Å². The van der Waals surface area contributed by atoms with Crippen molar-refractivity contribution in [2.45, 2.75) is 25.0 Å². The first-order chi connectivity index (χ1) is 5.77. The Morgan fingerprint density at radius 2 is 2.50 bits per heavy atom. The van der Waals surface area contributed by atoms with E-state index in [1.165, 1.54) is 0 Å². The van der Waals surface area contributed by atoms with Crippen molar-refractivity contribution < 1.29 is 9.50 Å². The Bertz CT molecular complexity index is 180. The molecule has 2 unspecified atom stereocenters. The van der Waals surface area contributed by atoms with E-state index in [1.54, 1.807) is 0 Å². The zero-order valence-corrected chi connectivity index (χ0v) is 6.91. The molecule has 12 heavy (non-hydrogen) atoms. The number of β-amino-alcohol motifs (C(OH)–C–C–N with tert-alkyl or cyclic N) is 1. The zero-order chi connectivity index (χ0) is 8.97. The van der Waals surface area contributed by atoms with E-state index in [-0.39, 0.29) is 12.6 Å². The second kappa shape index (κ2) is 4.39. The fraction of sp³-hybridized carbons (Fsp3) is 0.875. The van der Waals surface area contributed by atoms with Gasteiger partial charge in [0, 0.05) is 6.54 Å². The summed E-state index contributed by atoms with van der Waals surface area (Å²) in [6.07, 6.45) is 0.881. The smallest absolute Gasteiger partial charge is 0.117 e. The molecule has 1 aliphatic rings. The van der Waals surface area contributed by atoms with Gasteiger partial charge in [-0.1, -0.05) is 0 Å². The molecule has 1 aliphatic heterocycles. The average Bonchev–Trinajstić information content (AvgIpc) is 2.51. The van der Waals surface area contributed by atoms with Crippen LogP contribution in [0.15, 0.2) is 0 Å². The van der Waals surface area contributed by atoms with Gasteiger partial charge in [0.05, 0.1) is 18.2 Å². The normalized spacial score (nSPS) is 26.9. The van der Waals surface area contributed by atoms with Crippen LogP contribution in [0, 0.1) is 11.3 Å². The minimum absolute atomic E-state index is 0.119. The molecule has 68 valence electrons. The average molecular weight is 172 g/mol. The Morgan fingerprint density at radius 3 is 3.08 bits per heavy atom. The van der Waals surface area contributed by atoms with E-state index in [0.29, 0.717) is 0 Å². The van der Waals surface area contributed by atoms with E-state index < -0.39 is 12.8 Å². The van der Waals surface area contributed by atoms with Gasteiger partial charge in [-0.25, -0.2) is 4.39 Å². The lowest BCUT2D eigenvalue weighted by molar-refractivity contribution is 0.0920. The number of aliphatic hydroxyl groups is 1. The van der Waals surface area contributed by atoms with Crippen LogP contribution in [0.4, 0.5) is 4.39 Å². The van der Waals surface area contributed by atoms with Crippen LogP contribution in [-0.2, 0) is 0 Å². The van der Waals surface area contributed by atoms with E-state index in [1.807, 2.05) is 4.90 Å². The molecule has 1 heterocycles. The van der Waals surface area contributed by atoms with Gasteiger partial charge < -0.3 is 5.11 Å². The molecule has 0 amide bonds. The van der Waals surface area contributed by atoms with Gasteiger partial charge in [-0.05, 0) is 19.4 Å². The summed E-state index contributed by atoms with van der Waals surface area (Å²) < 4.78 is 11.9. The number of hydrogen-bond acceptors (Lipinski definition) is 3. The first kappa shape index (κ1) is 9.43. The Balaban J connectivity index is 2.36. The van der Waals surface area contributed by atoms with Crippen molar-refractivity contribution in [3.05, 3.63) is 0 Å². The molecule has 2 atom stereocenters. The highest BCUT2D eigenvalue weighted by Gasteiger charge is 2.25. The van der Waals surface area contributed by atoms with Crippen molar-refractivity contribution in [2.75, 3.05) is 19.8 Å². The van der Waals surface area contributed by atoms with Gasteiger partial charge in [-0.2, -0.15) is 5.26 Å². The van der Waals surface area contributed by atoms with Crippen LogP contribution >= 0.6 is 0 Å². The molecule has 0 spiro atoms. The molecule has 1 fully saturated rings. The highest BCUT2D eigenvalue weighted by Crippen LogP contribution is 2.16. The summed E-state index contributed by atoms with van der Waals surface area (Å²) in [6.45, 7) is 0.360. The van der Waals surface area contributed by atoms with Gasteiger partial charge in [0.25, 0.3) is 0 Å². The maximum atomic E-state index is 11.9. The topological polar surface area (TPSA) is 47.3 Å². The number of likely N-dealkylation sites (tertiary alicyclic amines) is 1. The molecular formula is C8H13FN2O. The second-order valence-electron chi connectivity index (χ2n) is 3.09. The largest absolute Gasteiger partial charge is 0.389 e. The van der Waals surface area contributed by atoms with Crippen LogP contribution in [0.5, 0.6) is 0 Å². The summed E-state index contributed by atoms with van der Waals surface area (Å²) >= 11 is 0. The van der Waals surface area contributed by atoms with Gasteiger partial charge in [0.15, 0.2) is 0 Å². The predicted octanol–water partition coefficient (Wildman–Crippen LogP) is 0.305. The maximum absolute atomic E-state index is 11.9. The number of nitriles is 1. The lowest BCUT2D eigenvalue weighted by Gasteiger charge is -2.20. The van der Waals surface area contributed by atoms with Crippen molar-refractivity contribution in [1.82, 2.24) is 4.90 Å². The summed E-state index contributed by atoms with van der Waals surface area (Å²) in [6, 6.07) is 2.02. The monoisotopic (exact) mass is 172 g/mol. The van der Waals surface area contributed by atoms with Crippen LogP contribution in [0.25, 0.3) is 0 Å². The van der Waals surface area contributed by atoms with E-state index in [2.05, 4.69) is 6.07 Å². The molecule has 0 aromatic carbocycles. The van der Waals surface area contributed by atoms with E-state index >= 15 is 0 Å². The first-order valence-corrected chi connectivity index (χ1v) is 4.15. The third-order valence-electron chi connectivity index (χ3n) is 2.14. The fourth-order valence-electron chi connectivity index (χ4n) is 1.51. The quantitative estimate of drug-likeness (QED) is 0.666. The summed E-state index contributed by atoms with van der Waals surface area (Å²) in [5, 5.41) is 17.7. The van der Waals surface area contributed by atoms with Gasteiger partial charge in [0.1, 0.15) is 6.67 Å². The third kappa shape index (κ3) is 2.16. The number of halogens is 1. The van der Waals surface area contributed by atoms with Crippen molar-refractivity contribution in [2.24, 2.45) is 0 Å². The number of nitrogens with zero attached hydrogens (tertiary/aromatic N) is 2. The Kier molecular flexibility index (Phi) is 3.45. The molecule has 0 aromatic rings. The van der Waals surface area contributed by atoms with Gasteiger partial charge in [-0.15, -0.1) is 0 Å². The molecule has 1 N–H and O–H groups in total. The summed E-state index contributed by atoms with van der Waals surface area (Å²) in [5.41, 5.74) is 0. The molecule has 4 heteroatoms. The number of alkyl halides is 1. The fourth-order valence-corrected chi connectivity index (χ4v) is 1.51. The van der Waals surface area contributed by atoms with E-state index in [9.17, 15) is 4.39 Å². The molecule has 1 rings (SSSR count). The number of aliphatic hydroxyl groups excluding tert-OH is 1. The Labute approximate surface area is 71.4 Å². The lowest BCUT2D eigenvalue weighted by Crippen LogP contribution is -2.36. The molecule has 0 aromatic heterocycles. The molecule has 0 radical (unpaired) electrons. The maximum Gasteiger partial charge on any atom is 0.117 e. The minimum atomic E-state index is -0.932. The van der Waals surface area contributed by atoms with Crippen LogP contribution in [0.2, 0.25) is 0 Å². The number of rotatable bonds is 3. The first-order valence-electron chi connectivity index (χ1n) is 4.15. The lowest BCUT2D eigenvalue weighted by atomic mass is 10.2. The molecule has 3 nitrogen and oxygen atoms in total. The van der Waals surface area contributed by atoms with Crippen molar-refractivity contribution in [3.63, 3.8) is 0 Å². The van der Waals surface area contributed by atoms with Crippen LogP contribution in [0.1, 0.15) is 12.8 Å². The van der Waals surface area contributed by atoms with Gasteiger partial charge >= 0.3 is 0 Å².